The van der Waals surface area contributed by atoms with Gasteiger partial charge in [0.15, 0.2) is 0 Å². The van der Waals surface area contributed by atoms with Gasteiger partial charge < -0.3 is 5.32 Å². The van der Waals surface area contributed by atoms with Gasteiger partial charge >= 0.3 is 0 Å². The third kappa shape index (κ3) is 3.33. The Bertz CT molecular complexity index is 617. The first kappa shape index (κ1) is 13.6. The first-order valence-electron chi connectivity index (χ1n) is 5.82. The fourth-order valence-electron chi connectivity index (χ4n) is 1.77. The molecule has 2 rings (SSSR count). The molecule has 0 aliphatic carbocycles. The van der Waals surface area contributed by atoms with E-state index in [1.165, 1.54) is 6.07 Å². The van der Waals surface area contributed by atoms with Crippen molar-refractivity contribution in [1.82, 2.24) is 0 Å². The Morgan fingerprint density at radius 1 is 1.21 bits per heavy atom. The predicted molar refractivity (Wildman–Crippen MR) is 77.3 cm³/mol. The molecule has 0 bridgehead atoms. The number of hydrogen-bond donors (Lipinski definition) is 1. The topological polar surface area (TPSA) is 35.8 Å². The molecule has 2 aromatic rings. The molecule has 0 aromatic heterocycles. The molecule has 0 aliphatic heterocycles. The van der Waals surface area contributed by atoms with Crippen LogP contribution in [0.2, 0.25) is 0 Å². The maximum Gasteiger partial charge on any atom is 0.147 e. The van der Waals surface area contributed by atoms with Crippen LogP contribution in [0.25, 0.3) is 0 Å². The van der Waals surface area contributed by atoms with Crippen LogP contribution in [0.4, 0.5) is 10.1 Å². The molecular formula is C15H12BrFN2. The molecule has 0 radical (unpaired) electrons. The minimum absolute atomic E-state index is 0.0180. The predicted octanol–water partition coefficient (Wildman–Crippen LogP) is 4.63. The van der Waals surface area contributed by atoms with E-state index in [0.717, 1.165) is 10.0 Å². The number of nitrogens with zero attached hydrogens (tertiary/aromatic N) is 1. The van der Waals surface area contributed by atoms with Crippen LogP contribution >= 0.6 is 15.9 Å². The fraction of sp³-hybridized carbons (Fsp3) is 0.133. The Morgan fingerprint density at radius 2 is 1.89 bits per heavy atom. The highest BCUT2D eigenvalue weighted by atomic mass is 79.9. The lowest BCUT2D eigenvalue weighted by Crippen LogP contribution is -2.07. The molecule has 0 amide bonds. The number of benzene rings is 2. The summed E-state index contributed by atoms with van der Waals surface area (Å²) in [5.74, 6) is -0.414. The molecule has 1 N–H and O–H groups in total. The number of nitrogens with one attached hydrogen (secondary N) is 1. The van der Waals surface area contributed by atoms with E-state index in [1.807, 2.05) is 37.3 Å². The summed E-state index contributed by atoms with van der Waals surface area (Å²) in [5, 5.41) is 11.8. The average molecular weight is 319 g/mol. The minimum atomic E-state index is -0.414. The van der Waals surface area contributed by atoms with E-state index in [4.69, 9.17) is 5.26 Å². The van der Waals surface area contributed by atoms with Gasteiger partial charge in [-0.25, -0.2) is 4.39 Å². The lowest BCUT2D eigenvalue weighted by atomic mass is 10.1. The maximum absolute atomic E-state index is 13.8. The van der Waals surface area contributed by atoms with Gasteiger partial charge in [-0.1, -0.05) is 28.1 Å². The number of rotatable bonds is 3. The van der Waals surface area contributed by atoms with Gasteiger partial charge in [-0.3, -0.25) is 0 Å². The first-order chi connectivity index (χ1) is 9.10. The highest BCUT2D eigenvalue weighted by Crippen LogP contribution is 2.23. The lowest BCUT2D eigenvalue weighted by Gasteiger charge is -2.16. The van der Waals surface area contributed by atoms with Gasteiger partial charge in [-0.05, 0) is 42.8 Å². The monoisotopic (exact) mass is 318 g/mol. The zero-order valence-corrected chi connectivity index (χ0v) is 11.9. The SMILES string of the molecule is CC(Nc1ccc(C#N)cc1F)c1ccc(Br)cc1. The molecule has 0 aliphatic rings. The van der Waals surface area contributed by atoms with Crippen LogP contribution in [-0.2, 0) is 0 Å². The van der Waals surface area contributed by atoms with Gasteiger partial charge in [-0.2, -0.15) is 5.26 Å². The molecule has 0 spiro atoms. The quantitative estimate of drug-likeness (QED) is 0.895. The standard InChI is InChI=1S/C15H12BrFN2/c1-10(12-3-5-13(16)6-4-12)19-15-7-2-11(9-18)8-14(15)17/h2-8,10,19H,1H3. The molecule has 96 valence electrons. The van der Waals surface area contributed by atoms with Crippen LogP contribution in [0, 0.1) is 17.1 Å². The molecule has 2 nitrogen and oxygen atoms in total. The highest BCUT2D eigenvalue weighted by Gasteiger charge is 2.09. The Morgan fingerprint density at radius 3 is 2.47 bits per heavy atom. The van der Waals surface area contributed by atoms with Crippen LogP contribution in [-0.4, -0.2) is 0 Å². The Balaban J connectivity index is 2.17. The van der Waals surface area contributed by atoms with Crippen molar-refractivity contribution in [1.29, 1.82) is 5.26 Å². The summed E-state index contributed by atoms with van der Waals surface area (Å²) < 4.78 is 14.8. The van der Waals surface area contributed by atoms with Gasteiger partial charge in [0.1, 0.15) is 5.82 Å². The second kappa shape index (κ2) is 5.85. The van der Waals surface area contributed by atoms with E-state index in [9.17, 15) is 4.39 Å². The average Bonchev–Trinajstić information content (AvgIpc) is 2.41. The Labute approximate surface area is 120 Å². The van der Waals surface area contributed by atoms with Crippen LogP contribution in [0.15, 0.2) is 46.9 Å². The number of anilines is 1. The fourth-order valence-corrected chi connectivity index (χ4v) is 2.03. The highest BCUT2D eigenvalue weighted by molar-refractivity contribution is 9.10. The van der Waals surface area contributed by atoms with E-state index in [1.54, 1.807) is 12.1 Å². The summed E-state index contributed by atoms with van der Waals surface area (Å²) in [4.78, 5) is 0. The third-order valence-corrected chi connectivity index (χ3v) is 3.37. The smallest absolute Gasteiger partial charge is 0.147 e. The summed E-state index contributed by atoms with van der Waals surface area (Å²) in [6.45, 7) is 1.96. The summed E-state index contributed by atoms with van der Waals surface area (Å²) >= 11 is 3.38. The first-order valence-corrected chi connectivity index (χ1v) is 6.61. The van der Waals surface area contributed by atoms with E-state index in [2.05, 4.69) is 21.2 Å². The van der Waals surface area contributed by atoms with Crippen molar-refractivity contribution in [2.24, 2.45) is 0 Å². The zero-order chi connectivity index (χ0) is 13.8. The van der Waals surface area contributed by atoms with E-state index in [-0.39, 0.29) is 6.04 Å². The van der Waals surface area contributed by atoms with Crippen LogP contribution in [0.1, 0.15) is 24.1 Å². The third-order valence-electron chi connectivity index (χ3n) is 2.84. The second-order valence-electron chi connectivity index (χ2n) is 4.22. The molecule has 0 heterocycles. The van der Waals surface area contributed by atoms with Crippen LogP contribution in [0.3, 0.4) is 0 Å². The minimum Gasteiger partial charge on any atom is -0.376 e. The van der Waals surface area contributed by atoms with Gasteiger partial charge in [0.25, 0.3) is 0 Å². The van der Waals surface area contributed by atoms with Gasteiger partial charge in [-0.15, -0.1) is 0 Å². The molecule has 1 unspecified atom stereocenters. The van der Waals surface area contributed by atoms with E-state index in [0.29, 0.717) is 11.3 Å². The van der Waals surface area contributed by atoms with Crippen molar-refractivity contribution in [3.05, 3.63) is 63.9 Å². The van der Waals surface area contributed by atoms with Crippen molar-refractivity contribution < 1.29 is 4.39 Å². The Hall–Kier alpha value is -1.86. The lowest BCUT2D eigenvalue weighted by molar-refractivity contribution is 0.627. The van der Waals surface area contributed by atoms with Crippen molar-refractivity contribution in [2.75, 3.05) is 5.32 Å². The van der Waals surface area contributed by atoms with E-state index < -0.39 is 5.82 Å². The van der Waals surface area contributed by atoms with E-state index >= 15 is 0 Å². The van der Waals surface area contributed by atoms with Gasteiger partial charge in [0.2, 0.25) is 0 Å². The molecule has 0 fully saturated rings. The second-order valence-corrected chi connectivity index (χ2v) is 5.14. The number of nitriles is 1. The van der Waals surface area contributed by atoms with Crippen molar-refractivity contribution in [3.63, 3.8) is 0 Å². The molecule has 19 heavy (non-hydrogen) atoms. The summed E-state index contributed by atoms with van der Waals surface area (Å²) in [7, 11) is 0. The summed E-state index contributed by atoms with van der Waals surface area (Å²) in [6, 6.07) is 14.2. The number of halogens is 2. The molecule has 0 saturated heterocycles. The molecular weight excluding hydrogens is 307 g/mol. The van der Waals surface area contributed by atoms with Gasteiger partial charge in [0, 0.05) is 10.5 Å². The number of hydrogen-bond acceptors (Lipinski definition) is 2. The van der Waals surface area contributed by atoms with Crippen molar-refractivity contribution in [2.45, 2.75) is 13.0 Å². The van der Waals surface area contributed by atoms with Crippen molar-refractivity contribution in [3.8, 4) is 6.07 Å². The normalized spacial score (nSPS) is 11.7. The summed E-state index contributed by atoms with van der Waals surface area (Å²) in [5.41, 5.74) is 1.78. The van der Waals surface area contributed by atoms with Crippen molar-refractivity contribution >= 4 is 21.6 Å². The molecule has 4 heteroatoms. The zero-order valence-electron chi connectivity index (χ0n) is 10.3. The molecule has 2 aromatic carbocycles. The maximum atomic E-state index is 13.8. The molecule has 0 saturated carbocycles. The molecule has 1 atom stereocenters. The van der Waals surface area contributed by atoms with Crippen LogP contribution in [0.5, 0.6) is 0 Å². The summed E-state index contributed by atoms with van der Waals surface area (Å²) in [6.07, 6.45) is 0. The van der Waals surface area contributed by atoms with Gasteiger partial charge in [0.05, 0.1) is 17.3 Å². The van der Waals surface area contributed by atoms with Crippen LogP contribution < -0.4 is 5.32 Å². The largest absolute Gasteiger partial charge is 0.376 e. The Kier molecular flexibility index (Phi) is 4.18.